The smallest absolute Gasteiger partial charge is 0.0871 e. The Balaban J connectivity index is 1.83. The average molecular weight is 264 g/mol. The van der Waals surface area contributed by atoms with Crippen LogP contribution in [0.5, 0.6) is 0 Å². The summed E-state index contributed by atoms with van der Waals surface area (Å²) in [5.74, 6) is 0. The normalized spacial score (nSPS) is 28.9. The molecule has 0 radical (unpaired) electrons. The average Bonchev–Trinajstić information content (AvgIpc) is 2.40. The summed E-state index contributed by atoms with van der Waals surface area (Å²) in [5, 5.41) is 14.0. The Morgan fingerprint density at radius 1 is 1.42 bits per heavy atom. The van der Waals surface area contributed by atoms with Gasteiger partial charge in [0.25, 0.3) is 0 Å². The van der Waals surface area contributed by atoms with Gasteiger partial charge in [0.2, 0.25) is 0 Å². The van der Waals surface area contributed by atoms with Crippen LogP contribution >= 0.6 is 0 Å². The molecule has 0 aliphatic heterocycles. The summed E-state index contributed by atoms with van der Waals surface area (Å²) in [7, 11) is 0. The van der Waals surface area contributed by atoms with Gasteiger partial charge in [0.05, 0.1) is 11.7 Å². The maximum atomic E-state index is 10.7. The third kappa shape index (κ3) is 2.81. The number of nitrogens with zero attached hydrogens (tertiary/aromatic N) is 1. The van der Waals surface area contributed by atoms with E-state index in [1.807, 2.05) is 19.1 Å². The molecule has 0 unspecified atom stereocenters. The summed E-state index contributed by atoms with van der Waals surface area (Å²) in [6, 6.07) is 3.96. The van der Waals surface area contributed by atoms with Gasteiger partial charge < -0.3 is 15.2 Å². The Labute approximate surface area is 115 Å². The highest BCUT2D eigenvalue weighted by atomic mass is 16.5. The van der Waals surface area contributed by atoms with E-state index in [0.717, 1.165) is 6.54 Å². The van der Waals surface area contributed by atoms with Crippen LogP contribution in [0, 0.1) is 5.41 Å². The SMILES string of the molecule is CCO[C@@H]1C[C@](O)(CNCc2ccncc2)C1(C)C. The number of ether oxygens (including phenoxy) is 1. The molecule has 2 rings (SSSR count). The fourth-order valence-electron chi connectivity index (χ4n) is 2.68. The molecule has 2 N–H and O–H groups in total. The maximum Gasteiger partial charge on any atom is 0.0871 e. The standard InChI is InChI=1S/C15H24N2O2/c1-4-19-13-9-15(18,14(13,2)3)11-17-10-12-5-7-16-8-6-12/h5-8,13,17-18H,4,9-11H2,1-3H3/t13-,15+/m1/s1. The third-order valence-electron chi connectivity index (χ3n) is 4.39. The molecule has 4 nitrogen and oxygen atoms in total. The molecule has 1 saturated carbocycles. The largest absolute Gasteiger partial charge is 0.388 e. The number of rotatable bonds is 6. The Hall–Kier alpha value is -0.970. The number of pyridine rings is 1. The van der Waals surface area contributed by atoms with Gasteiger partial charge >= 0.3 is 0 Å². The third-order valence-corrected chi connectivity index (χ3v) is 4.39. The molecule has 1 aliphatic rings. The van der Waals surface area contributed by atoms with Crippen LogP contribution < -0.4 is 5.32 Å². The van der Waals surface area contributed by atoms with Crippen molar-refractivity contribution in [1.29, 1.82) is 0 Å². The van der Waals surface area contributed by atoms with Gasteiger partial charge in [-0.05, 0) is 24.6 Å². The van der Waals surface area contributed by atoms with Gasteiger partial charge in [-0.25, -0.2) is 0 Å². The summed E-state index contributed by atoms with van der Waals surface area (Å²) >= 11 is 0. The van der Waals surface area contributed by atoms with Gasteiger partial charge in [-0.15, -0.1) is 0 Å². The van der Waals surface area contributed by atoms with Gasteiger partial charge in [0.15, 0.2) is 0 Å². The molecule has 106 valence electrons. The lowest BCUT2D eigenvalue weighted by Gasteiger charge is -2.58. The molecule has 1 heterocycles. The molecule has 0 aromatic carbocycles. The summed E-state index contributed by atoms with van der Waals surface area (Å²) in [4.78, 5) is 3.99. The predicted molar refractivity (Wildman–Crippen MR) is 74.7 cm³/mol. The van der Waals surface area contributed by atoms with E-state index in [0.29, 0.717) is 19.6 Å². The first kappa shape index (κ1) is 14.4. The van der Waals surface area contributed by atoms with Crippen LogP contribution in [0.25, 0.3) is 0 Å². The van der Waals surface area contributed by atoms with Gasteiger partial charge in [-0.2, -0.15) is 0 Å². The molecular formula is C15H24N2O2. The fourth-order valence-corrected chi connectivity index (χ4v) is 2.68. The molecule has 19 heavy (non-hydrogen) atoms. The van der Waals surface area contributed by atoms with E-state index in [9.17, 15) is 5.11 Å². The van der Waals surface area contributed by atoms with Gasteiger partial charge in [0, 0.05) is 43.9 Å². The number of hydrogen-bond donors (Lipinski definition) is 2. The first-order valence-corrected chi connectivity index (χ1v) is 6.93. The molecule has 0 spiro atoms. The molecular weight excluding hydrogens is 240 g/mol. The zero-order valence-electron chi connectivity index (χ0n) is 12.0. The van der Waals surface area contributed by atoms with Gasteiger partial charge in [0.1, 0.15) is 0 Å². The van der Waals surface area contributed by atoms with Crippen LogP contribution in [-0.2, 0) is 11.3 Å². The Kier molecular flexibility index (Phi) is 4.23. The highest BCUT2D eigenvalue weighted by molar-refractivity contribution is 5.13. The van der Waals surface area contributed by atoms with Crippen LogP contribution in [0.15, 0.2) is 24.5 Å². The minimum absolute atomic E-state index is 0.158. The number of nitrogens with one attached hydrogen (secondary N) is 1. The molecule has 1 fully saturated rings. The molecule has 1 aromatic heterocycles. The Morgan fingerprint density at radius 2 is 2.11 bits per heavy atom. The summed E-state index contributed by atoms with van der Waals surface area (Å²) < 4.78 is 5.66. The minimum atomic E-state index is -0.681. The van der Waals surface area contributed by atoms with E-state index in [1.165, 1.54) is 5.56 Å². The first-order valence-electron chi connectivity index (χ1n) is 6.93. The second-order valence-electron chi connectivity index (χ2n) is 5.86. The molecule has 0 bridgehead atoms. The zero-order valence-corrected chi connectivity index (χ0v) is 12.0. The van der Waals surface area contributed by atoms with Gasteiger partial charge in [-0.1, -0.05) is 13.8 Å². The molecule has 0 saturated heterocycles. The van der Waals surface area contributed by atoms with Crippen LogP contribution in [0.1, 0.15) is 32.8 Å². The fraction of sp³-hybridized carbons (Fsp3) is 0.667. The summed E-state index contributed by atoms with van der Waals surface area (Å²) in [5.41, 5.74) is 0.297. The molecule has 4 heteroatoms. The first-order chi connectivity index (χ1) is 8.99. The second kappa shape index (κ2) is 5.57. The highest BCUT2D eigenvalue weighted by Gasteiger charge is 2.59. The van der Waals surface area contributed by atoms with Crippen molar-refractivity contribution in [2.45, 2.75) is 45.4 Å². The van der Waals surface area contributed by atoms with Crippen LogP contribution in [0.4, 0.5) is 0 Å². The van der Waals surface area contributed by atoms with Crippen molar-refractivity contribution in [3.8, 4) is 0 Å². The maximum absolute atomic E-state index is 10.7. The monoisotopic (exact) mass is 264 g/mol. The summed E-state index contributed by atoms with van der Waals surface area (Å²) in [6.07, 6.45) is 4.43. The number of hydrogen-bond acceptors (Lipinski definition) is 4. The van der Waals surface area contributed by atoms with E-state index in [1.54, 1.807) is 12.4 Å². The Morgan fingerprint density at radius 3 is 2.68 bits per heavy atom. The van der Waals surface area contributed by atoms with Crippen molar-refractivity contribution in [3.05, 3.63) is 30.1 Å². The Bertz CT molecular complexity index is 408. The van der Waals surface area contributed by atoms with Crippen molar-refractivity contribution in [2.75, 3.05) is 13.2 Å². The topological polar surface area (TPSA) is 54.4 Å². The van der Waals surface area contributed by atoms with Crippen molar-refractivity contribution in [2.24, 2.45) is 5.41 Å². The molecule has 1 aromatic rings. The quantitative estimate of drug-likeness (QED) is 0.821. The van der Waals surface area contributed by atoms with Crippen molar-refractivity contribution in [3.63, 3.8) is 0 Å². The van der Waals surface area contributed by atoms with Crippen LogP contribution in [-0.4, -0.2) is 34.9 Å². The van der Waals surface area contributed by atoms with E-state index in [4.69, 9.17) is 4.74 Å². The lowest BCUT2D eigenvalue weighted by atomic mass is 9.56. The van der Waals surface area contributed by atoms with E-state index in [-0.39, 0.29) is 11.5 Å². The lowest BCUT2D eigenvalue weighted by molar-refractivity contribution is -0.238. The summed E-state index contributed by atoms with van der Waals surface area (Å²) in [6.45, 7) is 8.19. The van der Waals surface area contributed by atoms with Crippen molar-refractivity contribution < 1.29 is 9.84 Å². The molecule has 2 atom stereocenters. The molecule has 0 amide bonds. The van der Waals surface area contributed by atoms with E-state index in [2.05, 4.69) is 24.1 Å². The van der Waals surface area contributed by atoms with Gasteiger partial charge in [-0.3, -0.25) is 4.98 Å². The number of aliphatic hydroxyl groups is 1. The van der Waals surface area contributed by atoms with E-state index < -0.39 is 5.60 Å². The lowest BCUT2D eigenvalue weighted by Crippen LogP contribution is -2.68. The van der Waals surface area contributed by atoms with Crippen molar-refractivity contribution >= 4 is 0 Å². The molecule has 1 aliphatic carbocycles. The van der Waals surface area contributed by atoms with Crippen molar-refractivity contribution in [1.82, 2.24) is 10.3 Å². The van der Waals surface area contributed by atoms with E-state index >= 15 is 0 Å². The minimum Gasteiger partial charge on any atom is -0.388 e. The van der Waals surface area contributed by atoms with Crippen LogP contribution in [0.3, 0.4) is 0 Å². The number of aromatic nitrogens is 1. The second-order valence-corrected chi connectivity index (χ2v) is 5.86. The van der Waals surface area contributed by atoms with Crippen LogP contribution in [0.2, 0.25) is 0 Å². The zero-order chi connectivity index (χ0) is 13.9. The highest BCUT2D eigenvalue weighted by Crippen LogP contribution is 2.50. The predicted octanol–water partition coefficient (Wildman–Crippen LogP) is 1.74.